The van der Waals surface area contributed by atoms with Gasteiger partial charge >= 0.3 is 0 Å². The third kappa shape index (κ3) is 5.65. The van der Waals surface area contributed by atoms with Gasteiger partial charge in [0.2, 0.25) is 0 Å². The SMILES string of the molecule is CNC(=O)c1cccc(CCNc2ccc(C(=O)Nc3ccc(C)cc3)cn2)c1. The molecule has 148 valence electrons. The fraction of sp³-hybridized carbons (Fsp3) is 0.174. The Morgan fingerprint density at radius 2 is 1.72 bits per heavy atom. The lowest BCUT2D eigenvalue weighted by Gasteiger charge is -2.08. The number of hydrogen-bond donors (Lipinski definition) is 3. The maximum absolute atomic E-state index is 12.3. The number of amides is 2. The molecule has 0 unspecified atom stereocenters. The highest BCUT2D eigenvalue weighted by atomic mass is 16.2. The number of hydrogen-bond acceptors (Lipinski definition) is 4. The highest BCUT2D eigenvalue weighted by Crippen LogP contribution is 2.12. The summed E-state index contributed by atoms with van der Waals surface area (Å²) in [4.78, 5) is 28.3. The van der Waals surface area contributed by atoms with Gasteiger partial charge in [0.25, 0.3) is 11.8 Å². The Labute approximate surface area is 170 Å². The second kappa shape index (κ2) is 9.50. The van der Waals surface area contributed by atoms with E-state index in [0.717, 1.165) is 23.2 Å². The van der Waals surface area contributed by atoms with E-state index in [1.54, 1.807) is 31.4 Å². The lowest BCUT2D eigenvalue weighted by Crippen LogP contribution is -2.18. The number of benzene rings is 2. The number of nitrogens with one attached hydrogen (secondary N) is 3. The first-order valence-corrected chi connectivity index (χ1v) is 9.44. The number of aryl methyl sites for hydroxylation is 1. The first kappa shape index (κ1) is 20.1. The van der Waals surface area contributed by atoms with Gasteiger partial charge in [0, 0.05) is 31.0 Å². The molecule has 0 fully saturated rings. The molecular formula is C23H24N4O2. The molecule has 0 aliphatic heterocycles. The lowest BCUT2D eigenvalue weighted by molar-refractivity contribution is 0.0962. The van der Waals surface area contributed by atoms with E-state index in [-0.39, 0.29) is 11.8 Å². The Morgan fingerprint density at radius 3 is 2.41 bits per heavy atom. The fourth-order valence-electron chi connectivity index (χ4n) is 2.82. The summed E-state index contributed by atoms with van der Waals surface area (Å²) in [6.45, 7) is 2.67. The third-order valence-electron chi connectivity index (χ3n) is 4.47. The summed E-state index contributed by atoms with van der Waals surface area (Å²) in [5.41, 5.74) is 4.09. The van der Waals surface area contributed by atoms with Crippen molar-refractivity contribution >= 4 is 23.3 Å². The van der Waals surface area contributed by atoms with Gasteiger partial charge < -0.3 is 16.0 Å². The molecule has 1 aromatic heterocycles. The van der Waals surface area contributed by atoms with Crippen molar-refractivity contribution in [3.63, 3.8) is 0 Å². The minimum absolute atomic E-state index is 0.0963. The molecule has 3 N–H and O–H groups in total. The van der Waals surface area contributed by atoms with Gasteiger partial charge in [-0.2, -0.15) is 0 Å². The minimum atomic E-state index is -0.195. The predicted molar refractivity (Wildman–Crippen MR) is 115 cm³/mol. The van der Waals surface area contributed by atoms with Crippen molar-refractivity contribution in [1.29, 1.82) is 0 Å². The first-order valence-electron chi connectivity index (χ1n) is 9.44. The van der Waals surface area contributed by atoms with Crippen molar-refractivity contribution in [3.8, 4) is 0 Å². The molecular weight excluding hydrogens is 364 g/mol. The van der Waals surface area contributed by atoms with Crippen LogP contribution in [0.4, 0.5) is 11.5 Å². The molecule has 3 aromatic rings. The van der Waals surface area contributed by atoms with Crippen molar-refractivity contribution in [3.05, 3.63) is 89.1 Å². The molecule has 2 amide bonds. The Bertz CT molecular complexity index is 983. The van der Waals surface area contributed by atoms with Crippen molar-refractivity contribution in [1.82, 2.24) is 10.3 Å². The smallest absolute Gasteiger partial charge is 0.257 e. The molecule has 0 saturated carbocycles. The largest absolute Gasteiger partial charge is 0.370 e. The topological polar surface area (TPSA) is 83.1 Å². The Balaban J connectivity index is 1.52. The normalized spacial score (nSPS) is 10.3. The van der Waals surface area contributed by atoms with Crippen LogP contribution in [0.2, 0.25) is 0 Å². The lowest BCUT2D eigenvalue weighted by atomic mass is 10.1. The summed E-state index contributed by atoms with van der Waals surface area (Å²) in [6.07, 6.45) is 2.31. The van der Waals surface area contributed by atoms with Crippen LogP contribution in [0.3, 0.4) is 0 Å². The summed E-state index contributed by atoms with van der Waals surface area (Å²) in [5.74, 6) is 0.402. The molecule has 3 rings (SSSR count). The van der Waals surface area contributed by atoms with Gasteiger partial charge in [0.05, 0.1) is 5.56 Å². The van der Waals surface area contributed by atoms with Crippen LogP contribution in [-0.2, 0) is 6.42 Å². The molecule has 1 heterocycles. The Kier molecular flexibility index (Phi) is 6.58. The number of anilines is 2. The monoisotopic (exact) mass is 388 g/mol. The fourth-order valence-corrected chi connectivity index (χ4v) is 2.82. The maximum atomic E-state index is 12.3. The van der Waals surface area contributed by atoms with E-state index in [0.29, 0.717) is 23.5 Å². The summed E-state index contributed by atoms with van der Waals surface area (Å²) >= 11 is 0. The van der Waals surface area contributed by atoms with Crippen molar-refractivity contribution in [2.45, 2.75) is 13.3 Å². The zero-order chi connectivity index (χ0) is 20.6. The molecule has 0 atom stereocenters. The second-order valence-corrected chi connectivity index (χ2v) is 6.71. The van der Waals surface area contributed by atoms with E-state index in [9.17, 15) is 9.59 Å². The van der Waals surface area contributed by atoms with Crippen molar-refractivity contribution in [2.75, 3.05) is 24.2 Å². The summed E-state index contributed by atoms with van der Waals surface area (Å²) in [7, 11) is 1.62. The van der Waals surface area contributed by atoms with E-state index in [1.165, 1.54) is 0 Å². The van der Waals surface area contributed by atoms with Crippen molar-refractivity contribution < 1.29 is 9.59 Å². The number of aromatic nitrogens is 1. The Morgan fingerprint density at radius 1 is 0.931 bits per heavy atom. The number of carbonyl (C=O) groups excluding carboxylic acids is 2. The molecule has 0 aliphatic carbocycles. The van der Waals surface area contributed by atoms with Gasteiger partial charge in [-0.15, -0.1) is 0 Å². The molecule has 0 aliphatic rings. The van der Waals surface area contributed by atoms with E-state index in [2.05, 4.69) is 20.9 Å². The van der Waals surface area contributed by atoms with Gasteiger partial charge in [0.1, 0.15) is 5.82 Å². The standard InChI is InChI=1S/C23H24N4O2/c1-16-6-9-20(10-7-16)27-23(29)19-8-11-21(26-15-19)25-13-12-17-4-3-5-18(14-17)22(28)24-2/h3-11,14-15H,12-13H2,1-2H3,(H,24,28)(H,25,26)(H,27,29). The van der Waals surface area contributed by atoms with Gasteiger partial charge in [0.15, 0.2) is 0 Å². The third-order valence-corrected chi connectivity index (χ3v) is 4.47. The molecule has 29 heavy (non-hydrogen) atoms. The summed E-state index contributed by atoms with van der Waals surface area (Å²) in [6, 6.07) is 18.7. The van der Waals surface area contributed by atoms with E-state index in [4.69, 9.17) is 0 Å². The number of rotatable bonds is 7. The molecule has 0 bridgehead atoms. The highest BCUT2D eigenvalue weighted by Gasteiger charge is 2.07. The van der Waals surface area contributed by atoms with Gasteiger partial charge in [-0.3, -0.25) is 9.59 Å². The summed E-state index contributed by atoms with van der Waals surface area (Å²) < 4.78 is 0. The van der Waals surface area contributed by atoms with Crippen LogP contribution < -0.4 is 16.0 Å². The minimum Gasteiger partial charge on any atom is -0.370 e. The van der Waals surface area contributed by atoms with E-state index >= 15 is 0 Å². The molecule has 0 spiro atoms. The zero-order valence-electron chi connectivity index (χ0n) is 16.5. The number of pyridine rings is 1. The maximum Gasteiger partial charge on any atom is 0.257 e. The van der Waals surface area contributed by atoms with Crippen LogP contribution >= 0.6 is 0 Å². The number of carbonyl (C=O) groups is 2. The molecule has 0 saturated heterocycles. The van der Waals surface area contributed by atoms with Crippen LogP contribution in [-0.4, -0.2) is 30.4 Å². The van der Waals surface area contributed by atoms with E-state index in [1.807, 2.05) is 49.4 Å². The highest BCUT2D eigenvalue weighted by molar-refractivity contribution is 6.04. The second-order valence-electron chi connectivity index (χ2n) is 6.71. The quantitative estimate of drug-likeness (QED) is 0.577. The number of nitrogens with zero attached hydrogens (tertiary/aromatic N) is 1. The molecule has 2 aromatic carbocycles. The molecule has 6 heteroatoms. The van der Waals surface area contributed by atoms with Crippen LogP contribution in [0.15, 0.2) is 66.9 Å². The van der Waals surface area contributed by atoms with E-state index < -0.39 is 0 Å². The summed E-state index contributed by atoms with van der Waals surface area (Å²) in [5, 5.41) is 8.72. The van der Waals surface area contributed by atoms with Crippen LogP contribution in [0.5, 0.6) is 0 Å². The van der Waals surface area contributed by atoms with Gasteiger partial charge in [-0.05, 0) is 55.3 Å². The predicted octanol–water partition coefficient (Wildman–Crippen LogP) is 3.66. The molecule has 0 radical (unpaired) electrons. The average molecular weight is 388 g/mol. The Hall–Kier alpha value is -3.67. The van der Waals surface area contributed by atoms with Gasteiger partial charge in [-0.25, -0.2) is 4.98 Å². The average Bonchev–Trinajstić information content (AvgIpc) is 2.75. The van der Waals surface area contributed by atoms with Gasteiger partial charge in [-0.1, -0.05) is 29.8 Å². The van der Waals surface area contributed by atoms with Crippen LogP contribution in [0.1, 0.15) is 31.8 Å². The zero-order valence-corrected chi connectivity index (χ0v) is 16.5. The van der Waals surface area contributed by atoms with Crippen LogP contribution in [0, 0.1) is 6.92 Å². The first-order chi connectivity index (χ1) is 14.0. The van der Waals surface area contributed by atoms with Crippen LogP contribution in [0.25, 0.3) is 0 Å². The van der Waals surface area contributed by atoms with Crippen molar-refractivity contribution in [2.24, 2.45) is 0 Å². The molecule has 6 nitrogen and oxygen atoms in total.